The van der Waals surface area contributed by atoms with Gasteiger partial charge in [-0.1, -0.05) is 12.1 Å². The van der Waals surface area contributed by atoms with E-state index in [2.05, 4.69) is 11.4 Å². The molecule has 1 heterocycles. The molecule has 0 unspecified atom stereocenters. The molecule has 1 saturated heterocycles. The molecule has 2 rings (SSSR count). The van der Waals surface area contributed by atoms with Crippen LogP contribution in [0.2, 0.25) is 0 Å². The summed E-state index contributed by atoms with van der Waals surface area (Å²) in [5.74, 6) is 0.538. The SMILES string of the molecule is Cc1ccc(CNC(=O)C2(C#N)CCOCC2)c(OC(C)(C)C)c1. The summed E-state index contributed by atoms with van der Waals surface area (Å²) in [5.41, 5.74) is 0.709. The molecule has 0 aliphatic carbocycles. The lowest BCUT2D eigenvalue weighted by Crippen LogP contribution is -2.43. The Hall–Kier alpha value is -2.06. The van der Waals surface area contributed by atoms with E-state index in [1.54, 1.807) is 0 Å². The first kappa shape index (κ1) is 18.3. The molecular formula is C19H26N2O3. The average Bonchev–Trinajstić information content (AvgIpc) is 2.53. The molecule has 24 heavy (non-hydrogen) atoms. The second-order valence-electron chi connectivity index (χ2n) is 7.31. The summed E-state index contributed by atoms with van der Waals surface area (Å²) in [4.78, 5) is 12.6. The van der Waals surface area contributed by atoms with Crippen molar-refractivity contribution in [2.24, 2.45) is 5.41 Å². The molecule has 0 aromatic heterocycles. The van der Waals surface area contributed by atoms with Crippen LogP contribution < -0.4 is 10.1 Å². The van der Waals surface area contributed by atoms with E-state index in [9.17, 15) is 10.1 Å². The number of carbonyl (C=O) groups is 1. The highest BCUT2D eigenvalue weighted by Crippen LogP contribution is 2.30. The van der Waals surface area contributed by atoms with Crippen molar-refractivity contribution in [3.8, 4) is 11.8 Å². The molecule has 0 saturated carbocycles. The minimum atomic E-state index is -0.978. The fourth-order valence-corrected chi connectivity index (χ4v) is 2.69. The molecule has 1 aromatic carbocycles. The number of amides is 1. The van der Waals surface area contributed by atoms with Gasteiger partial charge in [-0.3, -0.25) is 4.79 Å². The van der Waals surface area contributed by atoms with E-state index in [1.807, 2.05) is 45.9 Å². The van der Waals surface area contributed by atoms with E-state index in [4.69, 9.17) is 9.47 Å². The lowest BCUT2D eigenvalue weighted by molar-refractivity contribution is -0.132. The van der Waals surface area contributed by atoms with Gasteiger partial charge in [-0.05, 0) is 52.2 Å². The van der Waals surface area contributed by atoms with Crippen LogP contribution in [0.4, 0.5) is 0 Å². The van der Waals surface area contributed by atoms with Gasteiger partial charge in [-0.25, -0.2) is 0 Å². The first-order chi connectivity index (χ1) is 11.3. The minimum absolute atomic E-state index is 0.226. The Morgan fingerprint density at radius 3 is 2.62 bits per heavy atom. The molecule has 0 radical (unpaired) electrons. The molecule has 130 valence electrons. The Bertz CT molecular complexity index is 635. The third kappa shape index (κ3) is 4.48. The highest BCUT2D eigenvalue weighted by atomic mass is 16.5. The molecule has 0 bridgehead atoms. The summed E-state index contributed by atoms with van der Waals surface area (Å²) in [6, 6.07) is 8.12. The molecule has 5 heteroatoms. The predicted octanol–water partition coefficient (Wildman–Crippen LogP) is 3.11. The van der Waals surface area contributed by atoms with Crippen LogP contribution in [0.5, 0.6) is 5.75 Å². The highest BCUT2D eigenvalue weighted by Gasteiger charge is 2.40. The van der Waals surface area contributed by atoms with E-state index in [0.29, 0.717) is 32.6 Å². The molecule has 1 fully saturated rings. The number of nitriles is 1. The van der Waals surface area contributed by atoms with Gasteiger partial charge in [0.1, 0.15) is 16.8 Å². The van der Waals surface area contributed by atoms with Crippen molar-refractivity contribution < 1.29 is 14.3 Å². The van der Waals surface area contributed by atoms with Crippen LogP contribution in [0.15, 0.2) is 18.2 Å². The summed E-state index contributed by atoms with van der Waals surface area (Å²) >= 11 is 0. The van der Waals surface area contributed by atoms with E-state index in [0.717, 1.165) is 16.9 Å². The van der Waals surface area contributed by atoms with Gasteiger partial charge in [0.05, 0.1) is 6.07 Å². The second-order valence-corrected chi connectivity index (χ2v) is 7.31. The average molecular weight is 330 g/mol. The Morgan fingerprint density at radius 2 is 2.04 bits per heavy atom. The zero-order valence-electron chi connectivity index (χ0n) is 14.9. The maximum atomic E-state index is 12.6. The molecule has 1 aromatic rings. The van der Waals surface area contributed by atoms with Crippen molar-refractivity contribution >= 4 is 5.91 Å². The normalized spacial score (nSPS) is 17.0. The van der Waals surface area contributed by atoms with Crippen LogP contribution in [0.1, 0.15) is 44.7 Å². The van der Waals surface area contributed by atoms with Gasteiger partial charge >= 0.3 is 0 Å². The highest BCUT2D eigenvalue weighted by molar-refractivity contribution is 5.85. The lowest BCUT2D eigenvalue weighted by Gasteiger charge is -2.29. The van der Waals surface area contributed by atoms with E-state index >= 15 is 0 Å². The third-order valence-electron chi connectivity index (χ3n) is 4.07. The van der Waals surface area contributed by atoms with Crippen LogP contribution in [-0.4, -0.2) is 24.7 Å². The molecule has 1 N–H and O–H groups in total. The fourth-order valence-electron chi connectivity index (χ4n) is 2.69. The van der Waals surface area contributed by atoms with Gasteiger partial charge in [0.2, 0.25) is 5.91 Å². The van der Waals surface area contributed by atoms with Gasteiger partial charge in [0, 0.05) is 25.3 Å². The van der Waals surface area contributed by atoms with Crippen molar-refractivity contribution in [2.75, 3.05) is 13.2 Å². The lowest BCUT2D eigenvalue weighted by atomic mass is 9.81. The number of benzene rings is 1. The number of ether oxygens (including phenoxy) is 2. The molecule has 1 aliphatic heterocycles. The first-order valence-corrected chi connectivity index (χ1v) is 8.32. The van der Waals surface area contributed by atoms with Crippen LogP contribution in [0.3, 0.4) is 0 Å². The summed E-state index contributed by atoms with van der Waals surface area (Å²) < 4.78 is 11.3. The summed E-state index contributed by atoms with van der Waals surface area (Å²) in [7, 11) is 0. The third-order valence-corrected chi connectivity index (χ3v) is 4.07. The van der Waals surface area contributed by atoms with Crippen LogP contribution in [-0.2, 0) is 16.1 Å². The number of nitrogens with one attached hydrogen (secondary N) is 1. The maximum absolute atomic E-state index is 12.6. The Labute approximate surface area is 144 Å². The van der Waals surface area contributed by atoms with Crippen LogP contribution in [0.25, 0.3) is 0 Å². The van der Waals surface area contributed by atoms with Gasteiger partial charge in [-0.15, -0.1) is 0 Å². The number of aryl methyl sites for hydroxylation is 1. The van der Waals surface area contributed by atoms with Crippen molar-refractivity contribution in [3.63, 3.8) is 0 Å². The fraction of sp³-hybridized carbons (Fsp3) is 0.579. The smallest absolute Gasteiger partial charge is 0.240 e. The number of hydrogen-bond acceptors (Lipinski definition) is 4. The standard InChI is InChI=1S/C19H26N2O3/c1-14-5-6-15(16(11-14)24-18(2,3)4)12-21-17(22)19(13-20)7-9-23-10-8-19/h5-6,11H,7-10,12H2,1-4H3,(H,21,22). The van der Waals surface area contributed by atoms with Gasteiger partial charge < -0.3 is 14.8 Å². The predicted molar refractivity (Wildman–Crippen MR) is 91.5 cm³/mol. The Morgan fingerprint density at radius 1 is 1.38 bits per heavy atom. The topological polar surface area (TPSA) is 71.4 Å². The monoisotopic (exact) mass is 330 g/mol. The van der Waals surface area contributed by atoms with Crippen molar-refractivity contribution in [2.45, 2.75) is 52.7 Å². The van der Waals surface area contributed by atoms with Crippen molar-refractivity contribution in [3.05, 3.63) is 29.3 Å². The summed E-state index contributed by atoms with van der Waals surface area (Å²) in [5, 5.41) is 12.4. The summed E-state index contributed by atoms with van der Waals surface area (Å²) in [6.45, 7) is 9.21. The molecule has 1 aliphatic rings. The van der Waals surface area contributed by atoms with Gasteiger partial charge in [0.15, 0.2) is 0 Å². The van der Waals surface area contributed by atoms with E-state index in [1.165, 1.54) is 0 Å². The second kappa shape index (κ2) is 7.23. The number of carbonyl (C=O) groups excluding carboxylic acids is 1. The Balaban J connectivity index is 2.11. The van der Waals surface area contributed by atoms with E-state index in [-0.39, 0.29) is 11.5 Å². The van der Waals surface area contributed by atoms with Crippen LogP contribution >= 0.6 is 0 Å². The van der Waals surface area contributed by atoms with Gasteiger partial charge in [-0.2, -0.15) is 5.26 Å². The first-order valence-electron chi connectivity index (χ1n) is 8.32. The van der Waals surface area contributed by atoms with E-state index < -0.39 is 5.41 Å². The largest absolute Gasteiger partial charge is 0.488 e. The van der Waals surface area contributed by atoms with Crippen molar-refractivity contribution in [1.29, 1.82) is 5.26 Å². The molecule has 0 atom stereocenters. The van der Waals surface area contributed by atoms with Crippen molar-refractivity contribution in [1.82, 2.24) is 5.32 Å². The number of hydrogen-bond donors (Lipinski definition) is 1. The molecule has 0 spiro atoms. The molecule has 5 nitrogen and oxygen atoms in total. The maximum Gasteiger partial charge on any atom is 0.240 e. The number of rotatable bonds is 4. The zero-order chi connectivity index (χ0) is 17.8. The van der Waals surface area contributed by atoms with Gasteiger partial charge in [0.25, 0.3) is 0 Å². The number of nitrogens with zero attached hydrogens (tertiary/aromatic N) is 1. The minimum Gasteiger partial charge on any atom is -0.488 e. The molecular weight excluding hydrogens is 304 g/mol. The quantitative estimate of drug-likeness (QED) is 0.921. The van der Waals surface area contributed by atoms with Crippen LogP contribution in [0, 0.1) is 23.7 Å². The summed E-state index contributed by atoms with van der Waals surface area (Å²) in [6.07, 6.45) is 0.878. The molecule has 1 amide bonds. The Kier molecular flexibility index (Phi) is 5.51. The zero-order valence-corrected chi connectivity index (χ0v) is 14.9.